The third-order valence-corrected chi connectivity index (χ3v) is 4.92. The summed E-state index contributed by atoms with van der Waals surface area (Å²) in [5, 5.41) is -0.829. The van der Waals surface area contributed by atoms with Crippen LogP contribution in [-0.2, 0) is 14.8 Å². The second-order valence-corrected chi connectivity index (χ2v) is 5.80. The van der Waals surface area contributed by atoms with Crippen LogP contribution in [0.25, 0.3) is 0 Å². The molecule has 0 aliphatic heterocycles. The van der Waals surface area contributed by atoms with Crippen molar-refractivity contribution < 1.29 is 13.2 Å². The molecule has 1 unspecified atom stereocenters. The van der Waals surface area contributed by atoms with Gasteiger partial charge in [0.2, 0.25) is 10.0 Å². The fourth-order valence-corrected chi connectivity index (χ4v) is 2.82. The first kappa shape index (κ1) is 14.8. The SMILES string of the molecule is CCN(CCOC)S(=O)(=O)C(C)C(N)=S. The molecular formula is C8H18N2O3S2. The Morgan fingerprint density at radius 1 is 1.60 bits per heavy atom. The van der Waals surface area contributed by atoms with E-state index in [-0.39, 0.29) is 4.99 Å². The Hall–Kier alpha value is -0.240. The molecule has 90 valence electrons. The second-order valence-electron chi connectivity index (χ2n) is 3.07. The van der Waals surface area contributed by atoms with Crippen LogP contribution in [0.3, 0.4) is 0 Å². The maximum Gasteiger partial charge on any atom is 0.223 e. The van der Waals surface area contributed by atoms with Crippen LogP contribution in [0.1, 0.15) is 13.8 Å². The maximum atomic E-state index is 11.9. The predicted octanol–water partition coefficient (Wildman–Crippen LogP) is -0.0409. The Bertz CT molecular complexity index is 303. The van der Waals surface area contributed by atoms with Crippen molar-refractivity contribution in [2.75, 3.05) is 26.8 Å². The number of ether oxygens (including phenoxy) is 1. The molecule has 0 aliphatic carbocycles. The second kappa shape index (κ2) is 6.37. The van der Waals surface area contributed by atoms with Crippen molar-refractivity contribution in [3.63, 3.8) is 0 Å². The molecule has 0 spiro atoms. The average molecular weight is 254 g/mol. The Balaban J connectivity index is 4.73. The molecule has 5 nitrogen and oxygen atoms in total. The van der Waals surface area contributed by atoms with Gasteiger partial charge in [0.25, 0.3) is 0 Å². The number of rotatable bonds is 7. The van der Waals surface area contributed by atoms with Crippen molar-refractivity contribution in [1.82, 2.24) is 4.31 Å². The number of sulfonamides is 1. The van der Waals surface area contributed by atoms with Crippen LogP contribution in [-0.4, -0.2) is 49.8 Å². The van der Waals surface area contributed by atoms with Crippen molar-refractivity contribution >= 4 is 27.2 Å². The van der Waals surface area contributed by atoms with Gasteiger partial charge in [0, 0.05) is 20.2 Å². The van der Waals surface area contributed by atoms with Gasteiger partial charge in [-0.15, -0.1) is 0 Å². The Morgan fingerprint density at radius 3 is 2.47 bits per heavy atom. The molecule has 0 fully saturated rings. The monoisotopic (exact) mass is 254 g/mol. The number of thiocarbonyl (C=S) groups is 1. The first-order valence-corrected chi connectivity index (χ1v) is 6.56. The van der Waals surface area contributed by atoms with Crippen molar-refractivity contribution in [3.05, 3.63) is 0 Å². The van der Waals surface area contributed by atoms with E-state index in [0.717, 1.165) is 0 Å². The highest BCUT2D eigenvalue weighted by Crippen LogP contribution is 2.08. The van der Waals surface area contributed by atoms with Gasteiger partial charge in [0.05, 0.1) is 11.6 Å². The smallest absolute Gasteiger partial charge is 0.223 e. The van der Waals surface area contributed by atoms with Crippen molar-refractivity contribution in [3.8, 4) is 0 Å². The average Bonchev–Trinajstić information content (AvgIpc) is 2.17. The number of nitrogens with two attached hydrogens (primary N) is 1. The van der Waals surface area contributed by atoms with E-state index in [1.807, 2.05) is 0 Å². The van der Waals surface area contributed by atoms with Gasteiger partial charge in [0.15, 0.2) is 0 Å². The molecule has 0 saturated heterocycles. The molecule has 7 heteroatoms. The first-order valence-electron chi connectivity index (χ1n) is 4.65. The Morgan fingerprint density at radius 2 is 2.13 bits per heavy atom. The van der Waals surface area contributed by atoms with Crippen LogP contribution >= 0.6 is 12.2 Å². The van der Waals surface area contributed by atoms with Crippen molar-refractivity contribution in [2.24, 2.45) is 5.73 Å². The predicted molar refractivity (Wildman–Crippen MR) is 64.3 cm³/mol. The van der Waals surface area contributed by atoms with E-state index >= 15 is 0 Å². The third kappa shape index (κ3) is 4.02. The van der Waals surface area contributed by atoms with E-state index in [9.17, 15) is 8.42 Å². The summed E-state index contributed by atoms with van der Waals surface area (Å²) in [5.41, 5.74) is 5.34. The minimum Gasteiger partial charge on any atom is -0.392 e. The van der Waals surface area contributed by atoms with E-state index in [1.54, 1.807) is 6.92 Å². The topological polar surface area (TPSA) is 72.6 Å². The minimum atomic E-state index is -3.44. The van der Waals surface area contributed by atoms with E-state index < -0.39 is 15.3 Å². The molecule has 0 radical (unpaired) electrons. The van der Waals surface area contributed by atoms with Crippen molar-refractivity contribution in [1.29, 1.82) is 0 Å². The summed E-state index contributed by atoms with van der Waals surface area (Å²) in [4.78, 5) is -0.00846. The fourth-order valence-electron chi connectivity index (χ4n) is 1.03. The van der Waals surface area contributed by atoms with E-state index in [0.29, 0.717) is 19.7 Å². The molecule has 0 rings (SSSR count). The summed E-state index contributed by atoms with van der Waals surface area (Å²) in [6.07, 6.45) is 0. The molecule has 2 N–H and O–H groups in total. The molecule has 0 aromatic carbocycles. The summed E-state index contributed by atoms with van der Waals surface area (Å²) in [5.74, 6) is 0. The summed E-state index contributed by atoms with van der Waals surface area (Å²) in [6, 6.07) is 0. The molecule has 0 heterocycles. The van der Waals surface area contributed by atoms with Crippen LogP contribution in [0.5, 0.6) is 0 Å². The Kier molecular flexibility index (Phi) is 6.26. The van der Waals surface area contributed by atoms with Crippen LogP contribution in [0.15, 0.2) is 0 Å². The molecule has 15 heavy (non-hydrogen) atoms. The molecule has 0 amide bonds. The number of likely N-dealkylation sites (N-methyl/N-ethyl adjacent to an activating group) is 1. The van der Waals surface area contributed by atoms with Crippen LogP contribution < -0.4 is 5.73 Å². The quantitative estimate of drug-likeness (QED) is 0.645. The number of methoxy groups -OCH3 is 1. The van der Waals surface area contributed by atoms with E-state index in [1.165, 1.54) is 18.3 Å². The van der Waals surface area contributed by atoms with Gasteiger partial charge in [-0.25, -0.2) is 8.42 Å². The van der Waals surface area contributed by atoms with Crippen molar-refractivity contribution in [2.45, 2.75) is 19.1 Å². The lowest BCUT2D eigenvalue weighted by Crippen LogP contribution is -2.44. The lowest BCUT2D eigenvalue weighted by atomic mass is 10.5. The van der Waals surface area contributed by atoms with E-state index in [2.05, 4.69) is 12.2 Å². The lowest BCUT2D eigenvalue weighted by Gasteiger charge is -2.23. The van der Waals surface area contributed by atoms with Gasteiger partial charge < -0.3 is 10.5 Å². The standard InChI is InChI=1S/C8H18N2O3S2/c1-4-10(5-6-13-3)15(11,12)7(2)8(9)14/h7H,4-6H2,1-3H3,(H2,9,14). The largest absolute Gasteiger partial charge is 0.392 e. The number of hydrogen-bond donors (Lipinski definition) is 1. The maximum absolute atomic E-state index is 11.9. The highest BCUT2D eigenvalue weighted by Gasteiger charge is 2.29. The van der Waals surface area contributed by atoms with Gasteiger partial charge in [-0.05, 0) is 6.92 Å². The highest BCUT2D eigenvalue weighted by molar-refractivity contribution is 7.92. The normalized spacial score (nSPS) is 14.1. The zero-order chi connectivity index (χ0) is 12.1. The fraction of sp³-hybridized carbons (Fsp3) is 0.875. The van der Waals surface area contributed by atoms with Crippen LogP contribution in [0, 0.1) is 0 Å². The molecule has 1 atom stereocenters. The van der Waals surface area contributed by atoms with Crippen LogP contribution in [0.2, 0.25) is 0 Å². The molecule has 0 aromatic heterocycles. The first-order chi connectivity index (χ1) is 6.87. The van der Waals surface area contributed by atoms with Gasteiger partial charge >= 0.3 is 0 Å². The number of hydrogen-bond acceptors (Lipinski definition) is 4. The summed E-state index contributed by atoms with van der Waals surface area (Å²) < 4.78 is 30.0. The van der Waals surface area contributed by atoms with Gasteiger partial charge in [0.1, 0.15) is 5.25 Å². The third-order valence-electron chi connectivity index (χ3n) is 2.10. The van der Waals surface area contributed by atoms with Crippen LogP contribution in [0.4, 0.5) is 0 Å². The molecule has 0 aromatic rings. The number of nitrogens with zero attached hydrogens (tertiary/aromatic N) is 1. The molecule has 0 bridgehead atoms. The Labute approximate surface area is 96.6 Å². The minimum absolute atomic E-state index is 0.00846. The lowest BCUT2D eigenvalue weighted by molar-refractivity contribution is 0.180. The van der Waals surface area contributed by atoms with E-state index in [4.69, 9.17) is 10.5 Å². The molecule has 0 saturated carbocycles. The zero-order valence-electron chi connectivity index (χ0n) is 9.26. The molecule has 0 aliphatic rings. The zero-order valence-corrected chi connectivity index (χ0v) is 10.9. The summed E-state index contributed by atoms with van der Waals surface area (Å²) >= 11 is 4.69. The highest BCUT2D eigenvalue weighted by atomic mass is 32.2. The molecular weight excluding hydrogens is 236 g/mol. The summed E-state index contributed by atoms with van der Waals surface area (Å²) in [7, 11) is -1.91. The summed E-state index contributed by atoms with van der Waals surface area (Å²) in [6.45, 7) is 4.32. The van der Waals surface area contributed by atoms with Gasteiger partial charge in [-0.3, -0.25) is 0 Å². The van der Waals surface area contributed by atoms with Gasteiger partial charge in [-0.1, -0.05) is 19.1 Å². The van der Waals surface area contributed by atoms with Gasteiger partial charge in [-0.2, -0.15) is 4.31 Å².